The van der Waals surface area contributed by atoms with E-state index in [1.165, 1.54) is 17.2 Å². The van der Waals surface area contributed by atoms with E-state index < -0.39 is 33.9 Å². The Balaban J connectivity index is 2.19. The Morgan fingerprint density at radius 1 is 1.12 bits per heavy atom. The van der Waals surface area contributed by atoms with E-state index in [4.69, 9.17) is 41.3 Å². The van der Waals surface area contributed by atoms with Gasteiger partial charge in [-0.15, -0.1) is 0 Å². The molecule has 25 heavy (non-hydrogen) atoms. The van der Waals surface area contributed by atoms with Crippen LogP contribution in [0.5, 0.6) is 0 Å². The van der Waals surface area contributed by atoms with E-state index in [-0.39, 0.29) is 17.9 Å². The Kier molecular flexibility index (Phi) is 6.60. The van der Waals surface area contributed by atoms with Crippen molar-refractivity contribution in [1.29, 1.82) is 0 Å². The number of hydrogen-bond acceptors (Lipinski definition) is 7. The summed E-state index contributed by atoms with van der Waals surface area (Å²) in [5.74, 6) is 0. The summed E-state index contributed by atoms with van der Waals surface area (Å²) < 4.78 is 33.6. The van der Waals surface area contributed by atoms with Crippen LogP contribution < -0.4 is 0 Å². The van der Waals surface area contributed by atoms with Crippen molar-refractivity contribution in [3.05, 3.63) is 17.3 Å². The molecular weight excluding hydrogens is 398 g/mol. The van der Waals surface area contributed by atoms with Gasteiger partial charge in [-0.25, -0.2) is 9.97 Å². The summed E-state index contributed by atoms with van der Waals surface area (Å²) in [5.41, 5.74) is 0.858. The second kappa shape index (κ2) is 8.12. The van der Waals surface area contributed by atoms with Crippen LogP contribution in [-0.4, -0.2) is 65.0 Å². The van der Waals surface area contributed by atoms with Gasteiger partial charge >= 0.3 is 15.2 Å². The molecule has 12 nitrogen and oxygen atoms in total. The first-order valence-corrected chi connectivity index (χ1v) is 10.7. The van der Waals surface area contributed by atoms with Crippen LogP contribution in [0.4, 0.5) is 0 Å². The topological polar surface area (TPSA) is 180 Å². The van der Waals surface area contributed by atoms with Crippen molar-refractivity contribution in [1.82, 2.24) is 19.5 Å². The zero-order chi connectivity index (χ0) is 18.7. The smallest absolute Gasteiger partial charge is 0.350 e. The minimum absolute atomic E-state index is 0.194. The molecule has 0 saturated heterocycles. The van der Waals surface area contributed by atoms with Gasteiger partial charge in [-0.3, -0.25) is 9.13 Å². The van der Waals surface area contributed by atoms with E-state index in [1.807, 2.05) is 0 Å². The summed E-state index contributed by atoms with van der Waals surface area (Å²) in [6, 6.07) is -0.670. The van der Waals surface area contributed by atoms with Crippen molar-refractivity contribution in [2.24, 2.45) is 0 Å². The predicted octanol–water partition coefficient (Wildman–Crippen LogP) is 0.334. The first-order chi connectivity index (χ1) is 11.6. The predicted molar refractivity (Wildman–Crippen MR) is 87.5 cm³/mol. The van der Waals surface area contributed by atoms with Crippen molar-refractivity contribution in [2.45, 2.75) is 6.04 Å². The maximum Gasteiger partial charge on any atom is 0.350 e. The van der Waals surface area contributed by atoms with Crippen molar-refractivity contribution < 1.29 is 38.2 Å². The third-order valence-corrected chi connectivity index (χ3v) is 4.25. The first-order valence-electron chi connectivity index (χ1n) is 6.72. The monoisotopic (exact) mass is 414 g/mol. The van der Waals surface area contributed by atoms with Crippen LogP contribution in [0.1, 0.15) is 6.04 Å². The van der Waals surface area contributed by atoms with Crippen molar-refractivity contribution in [3.8, 4) is 0 Å². The third kappa shape index (κ3) is 6.33. The molecule has 2 aromatic rings. The molecule has 0 aromatic carbocycles. The highest BCUT2D eigenvalue weighted by Gasteiger charge is 2.21. The Morgan fingerprint density at radius 3 is 2.20 bits per heavy atom. The molecular formula is C10H16N4O8P2S. The van der Waals surface area contributed by atoms with Crippen LogP contribution in [0.25, 0.3) is 11.2 Å². The van der Waals surface area contributed by atoms with E-state index in [2.05, 4.69) is 15.0 Å². The number of ether oxygens (including phenoxy) is 2. The lowest BCUT2D eigenvalue weighted by molar-refractivity contribution is 0.0655. The number of hydrogen-bond donors (Lipinski definition) is 5. The van der Waals surface area contributed by atoms with Crippen LogP contribution in [0, 0.1) is 4.64 Å². The number of imidazole rings is 1. The molecule has 0 saturated carbocycles. The number of nitrogens with one attached hydrogen (secondary N) is 1. The molecule has 0 aliphatic rings. The minimum Gasteiger partial charge on any atom is -0.367 e. The van der Waals surface area contributed by atoms with E-state index in [9.17, 15) is 9.13 Å². The molecule has 0 fully saturated rings. The molecule has 0 radical (unpaired) electrons. The van der Waals surface area contributed by atoms with E-state index in [1.54, 1.807) is 0 Å². The number of aromatic nitrogens is 4. The van der Waals surface area contributed by atoms with E-state index >= 15 is 0 Å². The number of rotatable bonds is 9. The molecule has 0 spiro atoms. The number of aromatic amines is 1. The molecule has 0 bridgehead atoms. The maximum atomic E-state index is 10.9. The van der Waals surface area contributed by atoms with E-state index in [0.717, 1.165) is 0 Å². The summed E-state index contributed by atoms with van der Waals surface area (Å²) in [6.07, 6.45) is 1.15. The van der Waals surface area contributed by atoms with Gasteiger partial charge < -0.3 is 38.6 Å². The zero-order valence-corrected chi connectivity index (χ0v) is 15.2. The summed E-state index contributed by atoms with van der Waals surface area (Å²) in [7, 11) is -8.71. The van der Waals surface area contributed by atoms with Crippen molar-refractivity contribution in [3.63, 3.8) is 0 Å². The van der Waals surface area contributed by atoms with Gasteiger partial charge in [0.25, 0.3) is 0 Å². The van der Waals surface area contributed by atoms with Gasteiger partial charge in [0, 0.05) is 0 Å². The summed E-state index contributed by atoms with van der Waals surface area (Å²) in [4.78, 5) is 46.2. The molecule has 2 heterocycles. The quantitative estimate of drug-likeness (QED) is 0.282. The van der Waals surface area contributed by atoms with E-state index in [0.29, 0.717) is 11.2 Å². The second-order valence-electron chi connectivity index (χ2n) is 5.04. The SMILES string of the molecule is O=P(O)(O)COCC(COCP(=O)(O)O)n1cnc2c(=S)nc[nH]c21. The van der Waals surface area contributed by atoms with Gasteiger partial charge in [-0.05, 0) is 0 Å². The average molecular weight is 414 g/mol. The lowest BCUT2D eigenvalue weighted by Crippen LogP contribution is -2.21. The van der Waals surface area contributed by atoms with Gasteiger partial charge in [0.1, 0.15) is 23.9 Å². The zero-order valence-electron chi connectivity index (χ0n) is 12.6. The van der Waals surface area contributed by atoms with Gasteiger partial charge in [0.15, 0.2) is 4.64 Å². The average Bonchev–Trinajstić information content (AvgIpc) is 2.88. The van der Waals surface area contributed by atoms with Crippen LogP contribution in [0.15, 0.2) is 12.7 Å². The molecule has 0 aliphatic carbocycles. The second-order valence-corrected chi connectivity index (χ2v) is 8.60. The van der Waals surface area contributed by atoms with Gasteiger partial charge in [0.2, 0.25) is 0 Å². The molecule has 5 N–H and O–H groups in total. The summed E-state index contributed by atoms with van der Waals surface area (Å²) in [6.45, 7) is -0.388. The number of fused-ring (bicyclic) bond motifs is 1. The molecule has 15 heteroatoms. The fraction of sp³-hybridized carbons (Fsp3) is 0.500. The largest absolute Gasteiger partial charge is 0.367 e. The summed E-state index contributed by atoms with van der Waals surface area (Å²) >= 11 is 5.05. The Labute approximate surface area is 146 Å². The Morgan fingerprint density at radius 2 is 1.68 bits per heavy atom. The fourth-order valence-corrected chi connectivity index (χ4v) is 2.86. The number of H-pyrrole nitrogens is 1. The molecule has 140 valence electrons. The van der Waals surface area contributed by atoms with Gasteiger partial charge in [-0.1, -0.05) is 12.2 Å². The van der Waals surface area contributed by atoms with Crippen LogP contribution >= 0.6 is 27.4 Å². The lowest BCUT2D eigenvalue weighted by Gasteiger charge is -2.20. The highest BCUT2D eigenvalue weighted by atomic mass is 32.1. The maximum absolute atomic E-state index is 10.9. The molecule has 0 amide bonds. The van der Waals surface area contributed by atoms with Gasteiger partial charge in [0.05, 0.1) is 31.9 Å². The summed E-state index contributed by atoms with van der Waals surface area (Å²) in [5, 5.41) is 0. The highest BCUT2D eigenvalue weighted by Crippen LogP contribution is 2.35. The van der Waals surface area contributed by atoms with Crippen LogP contribution in [0.2, 0.25) is 0 Å². The third-order valence-electron chi connectivity index (χ3n) is 2.91. The highest BCUT2D eigenvalue weighted by molar-refractivity contribution is 7.71. The Hall–Kier alpha value is -1.01. The standard InChI is InChI=1S/C10H16N4O8P2S/c15-23(16,17)5-21-1-7(2-22-6-24(18,19)20)14-4-13-8-9(14)11-3-12-10(8)25/h3-4,7H,1-2,5-6H2,(H,11,12,25)(H2,15,16,17)(H2,18,19,20). The molecule has 0 aliphatic heterocycles. The minimum atomic E-state index is -4.35. The molecule has 2 rings (SSSR count). The first kappa shape index (κ1) is 20.3. The van der Waals surface area contributed by atoms with Crippen molar-refractivity contribution in [2.75, 3.05) is 25.9 Å². The van der Waals surface area contributed by atoms with Crippen LogP contribution in [0.3, 0.4) is 0 Å². The number of nitrogens with zero attached hydrogens (tertiary/aromatic N) is 3. The normalized spacial score (nSPS) is 13.0. The van der Waals surface area contributed by atoms with Crippen molar-refractivity contribution >= 4 is 38.6 Å². The van der Waals surface area contributed by atoms with Crippen LogP contribution in [-0.2, 0) is 18.6 Å². The molecule has 0 atom stereocenters. The fourth-order valence-electron chi connectivity index (χ4n) is 1.97. The molecule has 2 aromatic heterocycles. The molecule has 0 unspecified atom stereocenters. The lowest BCUT2D eigenvalue weighted by atomic mass is 10.3. The van der Waals surface area contributed by atoms with Gasteiger partial charge in [-0.2, -0.15) is 0 Å². The Bertz CT molecular complexity index is 845.